The molecular weight excluding hydrogens is 340 g/mol. The molecule has 0 atom stereocenters. The maximum atomic E-state index is 9.76. The van der Waals surface area contributed by atoms with Crippen LogP contribution in [0.2, 0.25) is 0 Å². The molecule has 0 unspecified atom stereocenters. The molecule has 0 aliphatic heterocycles. The second kappa shape index (κ2) is 10.3. The summed E-state index contributed by atoms with van der Waals surface area (Å²) in [4.78, 5) is 0. The van der Waals surface area contributed by atoms with Crippen LogP contribution >= 0.6 is 0 Å². The van der Waals surface area contributed by atoms with Gasteiger partial charge in [-0.15, -0.1) is 0 Å². The normalized spacial score (nSPS) is 25.4. The molecule has 2 aromatic rings. The zero-order valence-electron chi connectivity index (χ0n) is 18.6. The Morgan fingerprint density at radius 3 is 1.43 bits per heavy atom. The maximum absolute atomic E-state index is 9.76. The Labute approximate surface area is 173 Å². The van der Waals surface area contributed by atoms with Crippen molar-refractivity contribution in [3.8, 4) is 0 Å². The average Bonchev–Trinajstić information content (AvgIpc) is 2.65. The minimum absolute atomic E-state index is 0.427. The van der Waals surface area contributed by atoms with Crippen molar-refractivity contribution < 1.29 is 5.11 Å². The summed E-state index contributed by atoms with van der Waals surface area (Å²) in [5, 5.41) is 9.76. The van der Waals surface area contributed by atoms with E-state index in [1.807, 2.05) is 26.0 Å². The SMILES string of the molecule is CC1CC2(C1)CC(C(C)(C)O)C2.CCc1ccccc1.CCc1ccccc1. The van der Waals surface area contributed by atoms with Crippen molar-refractivity contribution in [1.29, 1.82) is 0 Å². The zero-order valence-corrected chi connectivity index (χ0v) is 18.6. The number of aliphatic hydroxyl groups is 1. The topological polar surface area (TPSA) is 20.2 Å². The summed E-state index contributed by atoms with van der Waals surface area (Å²) in [6.45, 7) is 10.6. The third-order valence-corrected chi connectivity index (χ3v) is 6.42. The fourth-order valence-corrected chi connectivity index (χ4v) is 4.66. The molecule has 0 bridgehead atoms. The van der Waals surface area contributed by atoms with Crippen LogP contribution in [0.25, 0.3) is 0 Å². The molecule has 4 rings (SSSR count). The predicted octanol–water partition coefficient (Wildman–Crippen LogP) is 7.08. The van der Waals surface area contributed by atoms with E-state index < -0.39 is 5.60 Å². The lowest BCUT2D eigenvalue weighted by atomic mass is 9.46. The smallest absolute Gasteiger partial charge is 0.0620 e. The van der Waals surface area contributed by atoms with E-state index in [1.54, 1.807) is 0 Å². The molecule has 0 radical (unpaired) electrons. The van der Waals surface area contributed by atoms with Gasteiger partial charge in [0.05, 0.1) is 5.60 Å². The molecule has 1 heteroatoms. The highest BCUT2D eigenvalue weighted by molar-refractivity contribution is 5.14. The summed E-state index contributed by atoms with van der Waals surface area (Å²) in [6, 6.07) is 20.9. The molecule has 2 aliphatic carbocycles. The molecular formula is C27H40O. The van der Waals surface area contributed by atoms with Gasteiger partial charge in [0.15, 0.2) is 0 Å². The fourth-order valence-electron chi connectivity index (χ4n) is 4.66. The lowest BCUT2D eigenvalue weighted by molar-refractivity contribution is -0.135. The van der Waals surface area contributed by atoms with Crippen molar-refractivity contribution in [3.05, 3.63) is 71.8 Å². The Morgan fingerprint density at radius 1 is 0.786 bits per heavy atom. The molecule has 1 spiro atoms. The van der Waals surface area contributed by atoms with Gasteiger partial charge in [-0.1, -0.05) is 81.4 Å². The van der Waals surface area contributed by atoms with Crippen molar-refractivity contribution in [3.63, 3.8) is 0 Å². The third-order valence-electron chi connectivity index (χ3n) is 6.42. The van der Waals surface area contributed by atoms with Crippen molar-refractivity contribution in [2.24, 2.45) is 17.3 Å². The third kappa shape index (κ3) is 6.78. The largest absolute Gasteiger partial charge is 0.390 e. The summed E-state index contributed by atoms with van der Waals surface area (Å²) in [6.07, 6.45) is 7.67. The van der Waals surface area contributed by atoms with E-state index in [4.69, 9.17) is 0 Å². The van der Waals surface area contributed by atoms with E-state index in [-0.39, 0.29) is 0 Å². The van der Waals surface area contributed by atoms with Crippen LogP contribution < -0.4 is 0 Å². The average molecular weight is 381 g/mol. The molecule has 2 saturated carbocycles. The summed E-state index contributed by atoms with van der Waals surface area (Å²) in [5.74, 6) is 1.53. The summed E-state index contributed by atoms with van der Waals surface area (Å²) in [5.41, 5.74) is 3.08. The standard InChI is InChI=1S/C11H20O.2C8H10/c1-8-4-11(5-8)6-9(7-11)10(2,3)12;2*1-2-8-6-4-3-5-7-8/h8-9,12H,4-7H2,1-3H3;2*3-7H,2H2,1H3. The van der Waals surface area contributed by atoms with Gasteiger partial charge in [-0.3, -0.25) is 0 Å². The van der Waals surface area contributed by atoms with Gasteiger partial charge in [-0.2, -0.15) is 0 Å². The second-order valence-electron chi connectivity index (χ2n) is 9.45. The summed E-state index contributed by atoms with van der Waals surface area (Å²) < 4.78 is 0. The monoisotopic (exact) mass is 380 g/mol. The fraction of sp³-hybridized carbons (Fsp3) is 0.556. The van der Waals surface area contributed by atoms with Crippen LogP contribution in [0.3, 0.4) is 0 Å². The number of hydrogen-bond donors (Lipinski definition) is 1. The van der Waals surface area contributed by atoms with Crippen LogP contribution in [0.15, 0.2) is 60.7 Å². The van der Waals surface area contributed by atoms with E-state index in [9.17, 15) is 5.11 Å². The van der Waals surface area contributed by atoms with Crippen molar-refractivity contribution in [2.45, 2.75) is 78.7 Å². The Morgan fingerprint density at radius 2 is 1.18 bits per heavy atom. The van der Waals surface area contributed by atoms with E-state index in [0.717, 1.165) is 18.8 Å². The highest BCUT2D eigenvalue weighted by Crippen LogP contribution is 2.63. The Hall–Kier alpha value is -1.60. The van der Waals surface area contributed by atoms with E-state index >= 15 is 0 Å². The molecule has 1 N–H and O–H groups in total. The van der Waals surface area contributed by atoms with Crippen molar-refractivity contribution in [1.82, 2.24) is 0 Å². The molecule has 1 nitrogen and oxygen atoms in total. The van der Waals surface area contributed by atoms with Crippen LogP contribution in [0.5, 0.6) is 0 Å². The Bertz CT molecular complexity index is 615. The molecule has 0 amide bonds. The van der Waals surface area contributed by atoms with Crippen LogP contribution in [0.1, 0.15) is 71.4 Å². The van der Waals surface area contributed by atoms with Gasteiger partial charge in [-0.25, -0.2) is 0 Å². The second-order valence-corrected chi connectivity index (χ2v) is 9.45. The molecule has 0 saturated heterocycles. The highest BCUT2D eigenvalue weighted by Gasteiger charge is 2.54. The van der Waals surface area contributed by atoms with E-state index in [2.05, 4.69) is 69.3 Å². The van der Waals surface area contributed by atoms with Gasteiger partial charge in [0.2, 0.25) is 0 Å². The van der Waals surface area contributed by atoms with Crippen LogP contribution in [-0.4, -0.2) is 10.7 Å². The minimum Gasteiger partial charge on any atom is -0.390 e. The number of rotatable bonds is 3. The molecule has 154 valence electrons. The molecule has 2 aromatic carbocycles. The van der Waals surface area contributed by atoms with Gasteiger partial charge in [0.1, 0.15) is 0 Å². The quantitative estimate of drug-likeness (QED) is 0.603. The first-order valence-electron chi connectivity index (χ1n) is 11.1. The Balaban J connectivity index is 0.000000156. The first-order chi connectivity index (χ1) is 13.3. The first kappa shape index (κ1) is 22.7. The van der Waals surface area contributed by atoms with Crippen LogP contribution in [-0.2, 0) is 12.8 Å². The highest BCUT2D eigenvalue weighted by atomic mass is 16.3. The number of benzene rings is 2. The van der Waals surface area contributed by atoms with Gasteiger partial charge < -0.3 is 5.11 Å². The maximum Gasteiger partial charge on any atom is 0.0620 e. The summed E-state index contributed by atoms with van der Waals surface area (Å²) >= 11 is 0. The lowest BCUT2D eigenvalue weighted by Crippen LogP contribution is -2.53. The molecule has 2 aliphatic rings. The number of hydrogen-bond acceptors (Lipinski definition) is 1. The molecule has 0 aromatic heterocycles. The van der Waals surface area contributed by atoms with Gasteiger partial charge in [-0.05, 0) is 80.8 Å². The lowest BCUT2D eigenvalue weighted by Gasteiger charge is -2.60. The van der Waals surface area contributed by atoms with Crippen LogP contribution in [0.4, 0.5) is 0 Å². The minimum atomic E-state index is -0.427. The number of aryl methyl sites for hydroxylation is 2. The van der Waals surface area contributed by atoms with Gasteiger partial charge in [0, 0.05) is 0 Å². The molecule has 28 heavy (non-hydrogen) atoms. The van der Waals surface area contributed by atoms with E-state index in [1.165, 1.54) is 36.8 Å². The van der Waals surface area contributed by atoms with Gasteiger partial charge >= 0.3 is 0 Å². The van der Waals surface area contributed by atoms with Crippen molar-refractivity contribution >= 4 is 0 Å². The van der Waals surface area contributed by atoms with Gasteiger partial charge in [0.25, 0.3) is 0 Å². The summed E-state index contributed by atoms with van der Waals surface area (Å²) in [7, 11) is 0. The molecule has 0 heterocycles. The molecule has 2 fully saturated rings. The van der Waals surface area contributed by atoms with Crippen LogP contribution in [0, 0.1) is 17.3 Å². The first-order valence-corrected chi connectivity index (χ1v) is 11.1. The zero-order chi connectivity index (χ0) is 20.6. The Kier molecular flexibility index (Phi) is 8.31. The predicted molar refractivity (Wildman–Crippen MR) is 121 cm³/mol. The van der Waals surface area contributed by atoms with Crippen molar-refractivity contribution in [2.75, 3.05) is 0 Å². The van der Waals surface area contributed by atoms with E-state index in [0.29, 0.717) is 11.3 Å².